The lowest BCUT2D eigenvalue weighted by atomic mass is 10.1. The van der Waals surface area contributed by atoms with Gasteiger partial charge in [0.05, 0.1) is 6.04 Å². The number of amides is 2. The van der Waals surface area contributed by atoms with Crippen LogP contribution in [0, 0.1) is 0 Å². The minimum Gasteiger partial charge on any atom is -0.489 e. The molecule has 0 aliphatic carbocycles. The number of rotatable bonds is 12. The summed E-state index contributed by atoms with van der Waals surface area (Å²) >= 11 is 1.31. The van der Waals surface area contributed by atoms with Crippen molar-refractivity contribution >= 4 is 23.2 Å². The summed E-state index contributed by atoms with van der Waals surface area (Å²) < 4.78 is 5.81. The van der Waals surface area contributed by atoms with Crippen molar-refractivity contribution in [3.63, 3.8) is 0 Å². The molecule has 0 spiro atoms. The van der Waals surface area contributed by atoms with Crippen molar-refractivity contribution in [1.29, 1.82) is 0 Å². The van der Waals surface area contributed by atoms with Crippen molar-refractivity contribution in [2.75, 3.05) is 6.54 Å². The Balaban J connectivity index is 1.53. The van der Waals surface area contributed by atoms with Crippen LogP contribution in [-0.2, 0) is 17.8 Å². The molecule has 9 heteroatoms. The molecule has 3 rings (SSSR count). The van der Waals surface area contributed by atoms with E-state index in [1.807, 2.05) is 54.6 Å². The summed E-state index contributed by atoms with van der Waals surface area (Å²) in [5, 5.41) is 4.89. The summed E-state index contributed by atoms with van der Waals surface area (Å²) in [5.41, 5.74) is 19.5. The van der Waals surface area contributed by atoms with E-state index in [2.05, 4.69) is 10.3 Å². The smallest absolute Gasteiger partial charge is 0.271 e. The molecule has 1 heterocycles. The lowest BCUT2D eigenvalue weighted by Gasteiger charge is -2.14. The second-order valence-corrected chi connectivity index (χ2v) is 8.55. The summed E-state index contributed by atoms with van der Waals surface area (Å²) in [6, 6.07) is 16.6. The summed E-state index contributed by atoms with van der Waals surface area (Å²) in [6.45, 7) is 0.919. The molecule has 8 nitrogen and oxygen atoms in total. The first-order valence-electron chi connectivity index (χ1n) is 10.7. The van der Waals surface area contributed by atoms with Gasteiger partial charge in [-0.3, -0.25) is 9.59 Å². The average molecular weight is 468 g/mol. The average Bonchev–Trinajstić information content (AvgIpc) is 3.32. The molecule has 7 N–H and O–H groups in total. The molecule has 1 aromatic heterocycles. The van der Waals surface area contributed by atoms with Crippen molar-refractivity contribution in [3.05, 3.63) is 81.8 Å². The van der Waals surface area contributed by atoms with E-state index in [4.69, 9.17) is 21.9 Å². The largest absolute Gasteiger partial charge is 0.489 e. The maximum absolute atomic E-state index is 12.5. The van der Waals surface area contributed by atoms with Crippen LogP contribution in [0.25, 0.3) is 0 Å². The predicted molar refractivity (Wildman–Crippen MR) is 129 cm³/mol. The molecular formula is C24H29N5O3S. The Morgan fingerprint density at radius 1 is 1.06 bits per heavy atom. The quantitative estimate of drug-likeness (QED) is 0.321. The van der Waals surface area contributed by atoms with Gasteiger partial charge in [0.1, 0.15) is 29.1 Å². The molecular weight excluding hydrogens is 438 g/mol. The zero-order chi connectivity index (χ0) is 23.6. The Morgan fingerprint density at radius 2 is 1.79 bits per heavy atom. The molecule has 2 atom stereocenters. The molecule has 0 aliphatic heterocycles. The van der Waals surface area contributed by atoms with Gasteiger partial charge in [0.15, 0.2) is 0 Å². The van der Waals surface area contributed by atoms with Gasteiger partial charge in [0, 0.05) is 5.38 Å². The molecule has 2 amide bonds. The van der Waals surface area contributed by atoms with Gasteiger partial charge in [-0.2, -0.15) is 0 Å². The Labute approximate surface area is 197 Å². The Kier molecular flexibility index (Phi) is 8.94. The molecule has 0 saturated carbocycles. The number of carbonyl (C=O) groups is 2. The van der Waals surface area contributed by atoms with Gasteiger partial charge in [0.25, 0.3) is 5.91 Å². The third-order valence-electron chi connectivity index (χ3n) is 5.04. The normalized spacial score (nSPS) is 12.7. The Morgan fingerprint density at radius 3 is 2.45 bits per heavy atom. The van der Waals surface area contributed by atoms with Crippen LogP contribution in [0.15, 0.2) is 60.0 Å². The lowest BCUT2D eigenvalue weighted by molar-refractivity contribution is -0.120. The van der Waals surface area contributed by atoms with Crippen molar-refractivity contribution in [1.82, 2.24) is 10.3 Å². The van der Waals surface area contributed by atoms with Crippen LogP contribution in [0.2, 0.25) is 0 Å². The molecule has 0 aliphatic rings. The topological polar surface area (TPSA) is 146 Å². The van der Waals surface area contributed by atoms with Gasteiger partial charge in [0.2, 0.25) is 5.91 Å². The minimum atomic E-state index is -0.775. The van der Waals surface area contributed by atoms with Crippen LogP contribution in [-0.4, -0.2) is 29.4 Å². The van der Waals surface area contributed by atoms with E-state index in [9.17, 15) is 9.59 Å². The van der Waals surface area contributed by atoms with Gasteiger partial charge in [-0.05, 0) is 49.1 Å². The second-order valence-electron chi connectivity index (χ2n) is 7.66. The number of ether oxygens (including phenoxy) is 1. The van der Waals surface area contributed by atoms with Crippen LogP contribution in [0.4, 0.5) is 0 Å². The first-order valence-corrected chi connectivity index (χ1v) is 11.6. The highest BCUT2D eigenvalue weighted by Gasteiger charge is 2.21. The Hall–Kier alpha value is -3.27. The molecule has 0 fully saturated rings. The second kappa shape index (κ2) is 12.1. The fraction of sp³-hybridized carbons (Fsp3) is 0.292. The highest BCUT2D eigenvalue weighted by Crippen LogP contribution is 2.22. The summed E-state index contributed by atoms with van der Waals surface area (Å²) in [4.78, 5) is 28.4. The highest BCUT2D eigenvalue weighted by atomic mass is 32.1. The van der Waals surface area contributed by atoms with Gasteiger partial charge in [-0.15, -0.1) is 11.3 Å². The maximum Gasteiger partial charge on any atom is 0.271 e. The van der Waals surface area contributed by atoms with Crippen molar-refractivity contribution < 1.29 is 14.3 Å². The number of primary amides is 1. The first kappa shape index (κ1) is 24.4. The molecule has 2 aromatic carbocycles. The van der Waals surface area contributed by atoms with Crippen LogP contribution in [0.5, 0.6) is 5.75 Å². The molecule has 174 valence electrons. The van der Waals surface area contributed by atoms with Gasteiger partial charge >= 0.3 is 0 Å². The van der Waals surface area contributed by atoms with Crippen molar-refractivity contribution in [3.8, 4) is 5.75 Å². The lowest BCUT2D eigenvalue weighted by Crippen LogP contribution is -2.44. The van der Waals surface area contributed by atoms with E-state index >= 15 is 0 Å². The third-order valence-corrected chi connectivity index (χ3v) is 6.02. The van der Waals surface area contributed by atoms with Crippen LogP contribution in [0.3, 0.4) is 0 Å². The first-order chi connectivity index (χ1) is 16.0. The number of carbonyl (C=O) groups excluding carboxylic acids is 2. The molecule has 2 unspecified atom stereocenters. The third kappa shape index (κ3) is 7.38. The molecule has 0 saturated heterocycles. The molecule has 33 heavy (non-hydrogen) atoms. The maximum atomic E-state index is 12.5. The SMILES string of the molecule is NCCCC(NC(=O)c1csc(C(N)Cc2ccc(OCc3ccccc3)cc2)n1)C(N)=O. The summed E-state index contributed by atoms with van der Waals surface area (Å²) in [7, 11) is 0. The standard InChI is InChI=1S/C24H29N5O3S/c25-12-4-7-20(22(27)30)28-23(31)21-15-33-24(29-21)19(26)13-16-8-10-18(11-9-16)32-14-17-5-2-1-3-6-17/h1-3,5-6,8-11,15,19-20H,4,7,12-14,25-26H2,(H2,27,30)(H,28,31). The fourth-order valence-corrected chi connectivity index (χ4v) is 4.01. The number of thiazole rings is 1. The van der Waals surface area contributed by atoms with Crippen molar-refractivity contribution in [2.45, 2.75) is 38.0 Å². The monoisotopic (exact) mass is 467 g/mol. The van der Waals surface area contributed by atoms with E-state index < -0.39 is 17.9 Å². The highest BCUT2D eigenvalue weighted by molar-refractivity contribution is 7.09. The van der Waals surface area contributed by atoms with Gasteiger partial charge in [-0.1, -0.05) is 42.5 Å². The number of nitrogens with one attached hydrogen (secondary N) is 1. The zero-order valence-electron chi connectivity index (χ0n) is 18.3. The van der Waals surface area contributed by atoms with Gasteiger partial charge in [-0.25, -0.2) is 4.98 Å². The van der Waals surface area contributed by atoms with Gasteiger partial charge < -0.3 is 27.3 Å². The summed E-state index contributed by atoms with van der Waals surface area (Å²) in [5.74, 6) is -0.270. The van der Waals surface area contributed by atoms with Crippen LogP contribution < -0.4 is 27.3 Å². The van der Waals surface area contributed by atoms with E-state index in [0.717, 1.165) is 16.9 Å². The van der Waals surface area contributed by atoms with Crippen molar-refractivity contribution in [2.24, 2.45) is 17.2 Å². The van der Waals surface area contributed by atoms with E-state index in [0.29, 0.717) is 37.4 Å². The van der Waals surface area contributed by atoms with Crippen LogP contribution >= 0.6 is 11.3 Å². The van der Waals surface area contributed by atoms with E-state index in [1.54, 1.807) is 5.38 Å². The molecule has 3 aromatic rings. The number of hydrogen-bond donors (Lipinski definition) is 4. The molecule has 0 radical (unpaired) electrons. The predicted octanol–water partition coefficient (Wildman–Crippen LogP) is 2.29. The number of nitrogens with two attached hydrogens (primary N) is 3. The number of hydrogen-bond acceptors (Lipinski definition) is 7. The summed E-state index contributed by atoms with van der Waals surface area (Å²) in [6.07, 6.45) is 1.53. The van der Waals surface area contributed by atoms with Crippen LogP contribution in [0.1, 0.15) is 45.5 Å². The fourth-order valence-electron chi connectivity index (χ4n) is 3.21. The molecule has 0 bridgehead atoms. The Bertz CT molecular complexity index is 1040. The zero-order valence-corrected chi connectivity index (χ0v) is 19.1. The van der Waals surface area contributed by atoms with E-state index in [1.165, 1.54) is 11.3 Å². The number of aromatic nitrogens is 1. The number of benzene rings is 2. The number of nitrogens with zero attached hydrogens (tertiary/aromatic N) is 1. The van der Waals surface area contributed by atoms with E-state index in [-0.39, 0.29) is 11.7 Å². The minimum absolute atomic E-state index is 0.217.